The minimum Gasteiger partial charge on any atom is -0.494 e. The topological polar surface area (TPSA) is 49.8 Å². The van der Waals surface area contributed by atoms with Crippen LogP contribution in [-0.2, 0) is 0 Å². The summed E-state index contributed by atoms with van der Waals surface area (Å²) in [5.74, 6) is -1.32. The lowest BCUT2D eigenvalue weighted by molar-refractivity contribution is 0.0715. The van der Waals surface area contributed by atoms with Gasteiger partial charge in [-0.1, -0.05) is 12.1 Å². The summed E-state index contributed by atoms with van der Waals surface area (Å²) >= 11 is 0. The number of β-amino-alcohol motifs (C(OH)–C–C–N with tert-alkyl or cyclic N) is 1. The van der Waals surface area contributed by atoms with Gasteiger partial charge in [-0.15, -0.1) is 0 Å². The lowest BCUT2D eigenvalue weighted by Crippen LogP contribution is -2.31. The number of hydrogen-bond donors (Lipinski definition) is 1. The fraction of sp³-hybridized carbons (Fsp3) is 0.278. The average molecular weight is 333 g/mol. The molecule has 0 unspecified atom stereocenters. The maximum absolute atomic E-state index is 13.9. The molecule has 1 aliphatic heterocycles. The molecule has 2 aromatic rings. The number of ether oxygens (including phenoxy) is 1. The number of methoxy groups -OCH3 is 1. The Labute approximate surface area is 138 Å². The molecule has 4 nitrogen and oxygen atoms in total. The second kappa shape index (κ2) is 6.57. The van der Waals surface area contributed by atoms with Crippen molar-refractivity contribution in [2.75, 3.05) is 13.7 Å². The van der Waals surface area contributed by atoms with E-state index in [-0.39, 0.29) is 35.6 Å². The van der Waals surface area contributed by atoms with Crippen molar-refractivity contribution in [2.24, 2.45) is 0 Å². The zero-order valence-corrected chi connectivity index (χ0v) is 13.1. The number of hydrogen-bond acceptors (Lipinski definition) is 3. The van der Waals surface area contributed by atoms with Crippen LogP contribution in [0.4, 0.5) is 8.78 Å². The van der Waals surface area contributed by atoms with Gasteiger partial charge in [-0.2, -0.15) is 0 Å². The minimum absolute atomic E-state index is 0.0584. The standard InChI is InChI=1S/C18H17F2NO3/c1-24-17-7-4-12(8-15(17)20)18(23)21-10-14(22)9-16(21)11-2-5-13(19)6-3-11/h2-8,14,16,22H,9-10H2,1H3/t14-,16-/m1/s1. The molecule has 0 aromatic heterocycles. The predicted molar refractivity (Wildman–Crippen MR) is 83.8 cm³/mol. The molecule has 0 aliphatic carbocycles. The number of nitrogens with zero attached hydrogens (tertiary/aromatic N) is 1. The summed E-state index contributed by atoms with van der Waals surface area (Å²) in [6, 6.07) is 9.43. The number of carbonyl (C=O) groups excluding carboxylic acids is 1. The molecular weight excluding hydrogens is 316 g/mol. The van der Waals surface area contributed by atoms with Gasteiger partial charge in [0.05, 0.1) is 19.3 Å². The van der Waals surface area contributed by atoms with Crippen molar-refractivity contribution in [3.63, 3.8) is 0 Å². The van der Waals surface area contributed by atoms with Crippen LogP contribution in [0.2, 0.25) is 0 Å². The first-order valence-corrected chi connectivity index (χ1v) is 7.57. The molecular formula is C18H17F2NO3. The summed E-state index contributed by atoms with van der Waals surface area (Å²) in [6.45, 7) is 0.147. The summed E-state index contributed by atoms with van der Waals surface area (Å²) in [5, 5.41) is 9.96. The highest BCUT2D eigenvalue weighted by atomic mass is 19.1. The molecule has 126 valence electrons. The molecule has 0 spiro atoms. The Kier molecular flexibility index (Phi) is 4.49. The number of aliphatic hydroxyl groups is 1. The van der Waals surface area contributed by atoms with Gasteiger partial charge in [0.15, 0.2) is 11.6 Å². The highest BCUT2D eigenvalue weighted by molar-refractivity contribution is 5.95. The fourth-order valence-corrected chi connectivity index (χ4v) is 3.00. The Morgan fingerprint density at radius 2 is 1.92 bits per heavy atom. The van der Waals surface area contributed by atoms with Crippen LogP contribution in [0.1, 0.15) is 28.4 Å². The molecule has 1 aliphatic rings. The molecule has 24 heavy (non-hydrogen) atoms. The van der Waals surface area contributed by atoms with Gasteiger partial charge in [-0.25, -0.2) is 8.78 Å². The predicted octanol–water partition coefficient (Wildman–Crippen LogP) is 2.92. The highest BCUT2D eigenvalue weighted by Crippen LogP contribution is 2.34. The second-order valence-corrected chi connectivity index (χ2v) is 5.76. The van der Waals surface area contributed by atoms with Crippen LogP contribution in [0.3, 0.4) is 0 Å². The van der Waals surface area contributed by atoms with Crippen LogP contribution >= 0.6 is 0 Å². The molecule has 1 amide bonds. The van der Waals surface area contributed by atoms with Crippen LogP contribution < -0.4 is 4.74 Å². The van der Waals surface area contributed by atoms with E-state index in [0.717, 1.165) is 11.6 Å². The van der Waals surface area contributed by atoms with Crippen LogP contribution in [-0.4, -0.2) is 35.7 Å². The van der Waals surface area contributed by atoms with Crippen molar-refractivity contribution in [1.82, 2.24) is 4.90 Å². The first kappa shape index (κ1) is 16.4. The van der Waals surface area contributed by atoms with Crippen molar-refractivity contribution in [2.45, 2.75) is 18.6 Å². The Morgan fingerprint density at radius 1 is 1.21 bits per heavy atom. The third kappa shape index (κ3) is 3.10. The highest BCUT2D eigenvalue weighted by Gasteiger charge is 2.35. The van der Waals surface area contributed by atoms with E-state index >= 15 is 0 Å². The molecule has 2 aromatic carbocycles. The molecule has 1 saturated heterocycles. The van der Waals surface area contributed by atoms with E-state index in [1.807, 2.05) is 0 Å². The number of aliphatic hydroxyl groups excluding tert-OH is 1. The zero-order chi connectivity index (χ0) is 17.3. The monoisotopic (exact) mass is 333 g/mol. The van der Waals surface area contributed by atoms with Gasteiger partial charge in [0.25, 0.3) is 5.91 Å². The third-order valence-corrected chi connectivity index (χ3v) is 4.19. The van der Waals surface area contributed by atoms with Crippen LogP contribution in [0.15, 0.2) is 42.5 Å². The van der Waals surface area contributed by atoms with E-state index in [1.54, 1.807) is 12.1 Å². The molecule has 1 fully saturated rings. The molecule has 0 radical (unpaired) electrons. The maximum atomic E-state index is 13.9. The first-order valence-electron chi connectivity index (χ1n) is 7.57. The van der Waals surface area contributed by atoms with E-state index in [0.29, 0.717) is 6.42 Å². The normalized spacial score (nSPS) is 20.2. The molecule has 3 rings (SSSR count). The Balaban J connectivity index is 1.89. The maximum Gasteiger partial charge on any atom is 0.254 e. The van der Waals surface area contributed by atoms with Crippen molar-refractivity contribution in [3.8, 4) is 5.75 Å². The van der Waals surface area contributed by atoms with Crippen LogP contribution in [0.25, 0.3) is 0 Å². The van der Waals surface area contributed by atoms with Crippen molar-refractivity contribution in [3.05, 3.63) is 65.2 Å². The summed E-state index contributed by atoms with van der Waals surface area (Å²) in [7, 11) is 1.35. The average Bonchev–Trinajstić information content (AvgIpc) is 2.96. The Hall–Kier alpha value is -2.47. The molecule has 0 saturated carbocycles. The smallest absolute Gasteiger partial charge is 0.254 e. The van der Waals surface area contributed by atoms with Crippen molar-refractivity contribution < 1.29 is 23.4 Å². The van der Waals surface area contributed by atoms with E-state index in [4.69, 9.17) is 4.74 Å². The first-order chi connectivity index (χ1) is 11.5. The largest absolute Gasteiger partial charge is 0.494 e. The van der Waals surface area contributed by atoms with Crippen molar-refractivity contribution >= 4 is 5.91 Å². The molecule has 1 heterocycles. The Bertz CT molecular complexity index is 748. The van der Waals surface area contributed by atoms with Gasteiger partial charge in [-0.05, 0) is 42.3 Å². The van der Waals surface area contributed by atoms with Gasteiger partial charge in [-0.3, -0.25) is 4.79 Å². The molecule has 1 N–H and O–H groups in total. The number of rotatable bonds is 3. The van der Waals surface area contributed by atoms with Gasteiger partial charge in [0, 0.05) is 12.1 Å². The van der Waals surface area contributed by atoms with Gasteiger partial charge >= 0.3 is 0 Å². The lowest BCUT2D eigenvalue weighted by Gasteiger charge is -2.25. The van der Waals surface area contributed by atoms with Crippen molar-refractivity contribution in [1.29, 1.82) is 0 Å². The number of carbonyl (C=O) groups is 1. The number of halogens is 2. The summed E-state index contributed by atoms with van der Waals surface area (Å²) in [4.78, 5) is 14.2. The lowest BCUT2D eigenvalue weighted by atomic mass is 10.0. The molecule has 2 atom stereocenters. The number of benzene rings is 2. The van der Waals surface area contributed by atoms with E-state index in [2.05, 4.69) is 0 Å². The fourth-order valence-electron chi connectivity index (χ4n) is 3.00. The zero-order valence-electron chi connectivity index (χ0n) is 13.1. The van der Waals surface area contributed by atoms with E-state index in [1.165, 1.54) is 36.3 Å². The van der Waals surface area contributed by atoms with Crippen LogP contribution in [0, 0.1) is 11.6 Å². The summed E-state index contributed by atoms with van der Waals surface area (Å²) < 4.78 is 31.8. The Morgan fingerprint density at radius 3 is 2.54 bits per heavy atom. The van der Waals surface area contributed by atoms with E-state index < -0.39 is 11.9 Å². The molecule has 0 bridgehead atoms. The SMILES string of the molecule is COc1ccc(C(=O)N2C[C@H](O)C[C@@H]2c2ccc(F)cc2)cc1F. The second-order valence-electron chi connectivity index (χ2n) is 5.76. The minimum atomic E-state index is -0.674. The van der Waals surface area contributed by atoms with Gasteiger partial charge < -0.3 is 14.7 Å². The summed E-state index contributed by atoms with van der Waals surface area (Å²) in [6.07, 6.45) is -0.317. The van der Waals surface area contributed by atoms with Gasteiger partial charge in [0.2, 0.25) is 0 Å². The quantitative estimate of drug-likeness (QED) is 0.940. The van der Waals surface area contributed by atoms with Gasteiger partial charge in [0.1, 0.15) is 5.82 Å². The number of amides is 1. The van der Waals surface area contributed by atoms with E-state index in [9.17, 15) is 18.7 Å². The third-order valence-electron chi connectivity index (χ3n) is 4.19. The summed E-state index contributed by atoms with van der Waals surface area (Å²) in [5.41, 5.74) is 0.907. The molecule has 6 heteroatoms. The number of likely N-dealkylation sites (tertiary alicyclic amines) is 1. The van der Waals surface area contributed by atoms with Crippen LogP contribution in [0.5, 0.6) is 5.75 Å².